The van der Waals surface area contributed by atoms with Crippen LogP contribution in [-0.4, -0.2) is 44.5 Å². The Hall–Kier alpha value is -4.72. The maximum Gasteiger partial charge on any atom is 0.324 e. The van der Waals surface area contributed by atoms with Gasteiger partial charge in [0.25, 0.3) is 5.91 Å². The summed E-state index contributed by atoms with van der Waals surface area (Å²) in [4.78, 5) is 41.2. The highest BCUT2D eigenvalue weighted by Crippen LogP contribution is 2.40. The molecule has 3 aromatic carbocycles. The van der Waals surface area contributed by atoms with Gasteiger partial charge in [-0.1, -0.05) is 80.9 Å². The van der Waals surface area contributed by atoms with Crippen LogP contribution in [0.15, 0.2) is 84.9 Å². The fraction of sp³-hybridized carbons (Fsp3) is 0.368. The highest BCUT2D eigenvalue weighted by molar-refractivity contribution is 6.36. The number of piperidine rings is 1. The van der Waals surface area contributed by atoms with Gasteiger partial charge in [-0.3, -0.25) is 14.9 Å². The van der Waals surface area contributed by atoms with E-state index >= 15 is 0 Å². The van der Waals surface area contributed by atoms with E-state index in [1.165, 1.54) is 0 Å². The minimum Gasteiger partial charge on any atom is -0.330 e. The van der Waals surface area contributed by atoms with E-state index in [9.17, 15) is 14.4 Å². The number of nitrogens with one attached hydrogen (secondary N) is 2. The van der Waals surface area contributed by atoms with Crippen LogP contribution in [0, 0.1) is 12.8 Å². The molecule has 8 nitrogen and oxygen atoms in total. The standard InChI is InChI=1S/C38H43N5O3/c1-25-13-15-30(16-14-25)43-35(24-34(41-43)38(2,3)4)40-37(46)39-29-12-8-11-27(20-29)19-28-21-31-17-18-32(22-28)42(31)36(45)33(44)23-26-9-6-5-7-10-26/h5-16,20,24,28,31-32H,17-19,21-23H2,1-4H3,(H2,39,40,46). The van der Waals surface area contributed by atoms with Gasteiger partial charge in [0.1, 0.15) is 5.82 Å². The highest BCUT2D eigenvalue weighted by atomic mass is 16.2. The van der Waals surface area contributed by atoms with E-state index in [0.29, 0.717) is 11.7 Å². The number of urea groups is 1. The van der Waals surface area contributed by atoms with E-state index in [2.05, 4.69) is 37.5 Å². The number of rotatable bonds is 8. The number of fused-ring (bicyclic) bond motifs is 2. The molecule has 3 heterocycles. The van der Waals surface area contributed by atoms with Crippen molar-refractivity contribution >= 4 is 29.2 Å². The Morgan fingerprint density at radius 3 is 2.17 bits per heavy atom. The summed E-state index contributed by atoms with van der Waals surface area (Å²) in [6.07, 6.45) is 4.68. The summed E-state index contributed by atoms with van der Waals surface area (Å²) in [5.41, 5.74) is 5.46. The molecule has 2 bridgehead atoms. The number of benzene rings is 3. The van der Waals surface area contributed by atoms with Crippen LogP contribution in [0.1, 0.15) is 68.8 Å². The summed E-state index contributed by atoms with van der Waals surface area (Å²) >= 11 is 0. The molecule has 3 amide bonds. The van der Waals surface area contributed by atoms with E-state index in [0.717, 1.165) is 65.9 Å². The second-order valence-electron chi connectivity index (χ2n) is 13.9. The zero-order chi connectivity index (χ0) is 32.4. The molecule has 2 atom stereocenters. The lowest BCUT2D eigenvalue weighted by Gasteiger charge is -2.38. The van der Waals surface area contributed by atoms with Gasteiger partial charge >= 0.3 is 6.03 Å². The third kappa shape index (κ3) is 7.06. The molecule has 0 spiro atoms. The summed E-state index contributed by atoms with van der Waals surface area (Å²) in [5, 5.41) is 10.8. The molecule has 2 unspecified atom stereocenters. The number of Topliss-reactive ketones (excluding diaryl/α,β-unsaturated/α-hetero) is 1. The maximum atomic E-state index is 13.2. The molecule has 0 saturated carbocycles. The monoisotopic (exact) mass is 617 g/mol. The Morgan fingerprint density at radius 1 is 0.826 bits per heavy atom. The second-order valence-corrected chi connectivity index (χ2v) is 13.9. The van der Waals surface area contributed by atoms with Gasteiger partial charge < -0.3 is 10.2 Å². The Kier molecular flexibility index (Phi) is 8.80. The van der Waals surface area contributed by atoms with E-state index in [4.69, 9.17) is 5.10 Å². The SMILES string of the molecule is Cc1ccc(-n2nc(C(C)(C)C)cc2NC(=O)Nc2cccc(CC3CC4CCC(C3)N4C(=O)C(=O)Cc3ccccc3)c2)cc1. The largest absolute Gasteiger partial charge is 0.330 e. The van der Waals surface area contributed by atoms with Crippen molar-refractivity contribution in [2.45, 2.75) is 83.7 Å². The smallest absolute Gasteiger partial charge is 0.324 e. The summed E-state index contributed by atoms with van der Waals surface area (Å²) in [7, 11) is 0. The maximum absolute atomic E-state index is 13.2. The van der Waals surface area contributed by atoms with Crippen molar-refractivity contribution < 1.29 is 14.4 Å². The zero-order valence-corrected chi connectivity index (χ0v) is 27.1. The first-order chi connectivity index (χ1) is 22.0. The molecule has 1 aromatic heterocycles. The Labute approximate surface area is 271 Å². The molecule has 2 N–H and O–H groups in total. The van der Waals surface area contributed by atoms with E-state index in [-0.39, 0.29) is 41.6 Å². The first kappa shape index (κ1) is 31.3. The molecule has 0 aliphatic carbocycles. The van der Waals surface area contributed by atoms with Crippen molar-refractivity contribution in [3.8, 4) is 5.69 Å². The number of hydrogen-bond acceptors (Lipinski definition) is 4. The predicted molar refractivity (Wildman–Crippen MR) is 181 cm³/mol. The van der Waals surface area contributed by atoms with Crippen LogP contribution in [-0.2, 0) is 27.8 Å². The number of nitrogens with zero attached hydrogens (tertiary/aromatic N) is 3. The average Bonchev–Trinajstić information content (AvgIpc) is 3.56. The van der Waals surface area contributed by atoms with Crippen molar-refractivity contribution in [3.63, 3.8) is 0 Å². The summed E-state index contributed by atoms with van der Waals surface area (Å²) in [6, 6.07) is 27.3. The van der Waals surface area contributed by atoms with Gasteiger partial charge in [-0.25, -0.2) is 9.48 Å². The Morgan fingerprint density at radius 2 is 1.50 bits per heavy atom. The number of carbonyl (C=O) groups excluding carboxylic acids is 3. The highest BCUT2D eigenvalue weighted by Gasteiger charge is 2.44. The second kappa shape index (κ2) is 12.9. The lowest BCUT2D eigenvalue weighted by molar-refractivity contribution is -0.148. The number of amides is 3. The molecular formula is C38H43N5O3. The molecule has 8 heteroatoms. The third-order valence-corrected chi connectivity index (χ3v) is 9.22. The van der Waals surface area contributed by atoms with E-state index in [1.807, 2.05) is 90.7 Å². The molecular weight excluding hydrogens is 574 g/mol. The number of carbonyl (C=O) groups is 3. The topological polar surface area (TPSA) is 96.3 Å². The van der Waals surface area contributed by atoms with Crippen LogP contribution in [0.3, 0.4) is 0 Å². The lowest BCUT2D eigenvalue weighted by atomic mass is 9.85. The normalized spacial score (nSPS) is 19.1. The molecule has 6 rings (SSSR count). The molecule has 2 aliphatic heterocycles. The minimum atomic E-state index is -0.337. The number of ketones is 1. The van der Waals surface area contributed by atoms with Crippen LogP contribution >= 0.6 is 0 Å². The fourth-order valence-corrected chi connectivity index (χ4v) is 6.90. The first-order valence-corrected chi connectivity index (χ1v) is 16.3. The van der Waals surface area contributed by atoms with Gasteiger partial charge in [0.15, 0.2) is 0 Å². The molecule has 2 aliphatic rings. The number of aromatic nitrogens is 2. The minimum absolute atomic E-state index is 0.111. The fourth-order valence-electron chi connectivity index (χ4n) is 6.90. The first-order valence-electron chi connectivity index (χ1n) is 16.3. The molecule has 2 fully saturated rings. The summed E-state index contributed by atoms with van der Waals surface area (Å²) < 4.78 is 1.77. The number of anilines is 2. The van der Waals surface area contributed by atoms with Crippen molar-refractivity contribution in [2.24, 2.45) is 5.92 Å². The lowest BCUT2D eigenvalue weighted by Crippen LogP contribution is -2.49. The summed E-state index contributed by atoms with van der Waals surface area (Å²) in [6.45, 7) is 8.34. The summed E-state index contributed by atoms with van der Waals surface area (Å²) in [5.74, 6) is 0.358. The molecule has 238 valence electrons. The van der Waals surface area contributed by atoms with Crippen molar-refractivity contribution in [1.29, 1.82) is 0 Å². The van der Waals surface area contributed by atoms with Crippen LogP contribution < -0.4 is 10.6 Å². The van der Waals surface area contributed by atoms with Gasteiger partial charge in [0, 0.05) is 35.7 Å². The van der Waals surface area contributed by atoms with E-state index in [1.54, 1.807) is 4.68 Å². The molecule has 2 saturated heterocycles. The van der Waals surface area contributed by atoms with Gasteiger partial charge in [0.2, 0.25) is 5.78 Å². The Balaban J connectivity index is 1.08. The van der Waals surface area contributed by atoms with Crippen LogP contribution in [0.25, 0.3) is 5.69 Å². The average molecular weight is 618 g/mol. The zero-order valence-electron chi connectivity index (χ0n) is 27.1. The Bertz CT molecular complexity index is 1710. The predicted octanol–water partition coefficient (Wildman–Crippen LogP) is 7.25. The van der Waals surface area contributed by atoms with Crippen molar-refractivity contribution in [3.05, 3.63) is 107 Å². The molecule has 46 heavy (non-hydrogen) atoms. The number of aryl methyl sites for hydroxylation is 1. The van der Waals surface area contributed by atoms with E-state index < -0.39 is 0 Å². The van der Waals surface area contributed by atoms with Gasteiger partial charge in [-0.2, -0.15) is 5.10 Å². The van der Waals surface area contributed by atoms with Crippen LogP contribution in [0.5, 0.6) is 0 Å². The van der Waals surface area contributed by atoms with Gasteiger partial charge in [-0.05, 0) is 80.3 Å². The van der Waals surface area contributed by atoms with Gasteiger partial charge in [-0.15, -0.1) is 0 Å². The molecule has 0 radical (unpaired) electrons. The van der Waals surface area contributed by atoms with Crippen LogP contribution in [0.2, 0.25) is 0 Å². The van der Waals surface area contributed by atoms with Gasteiger partial charge in [0.05, 0.1) is 11.4 Å². The number of hydrogen-bond donors (Lipinski definition) is 2. The molecule has 4 aromatic rings. The van der Waals surface area contributed by atoms with Crippen molar-refractivity contribution in [1.82, 2.24) is 14.7 Å². The quantitative estimate of drug-likeness (QED) is 0.204. The van der Waals surface area contributed by atoms with Crippen molar-refractivity contribution in [2.75, 3.05) is 10.6 Å². The third-order valence-electron chi connectivity index (χ3n) is 9.22. The van der Waals surface area contributed by atoms with Crippen LogP contribution in [0.4, 0.5) is 16.3 Å².